The van der Waals surface area contributed by atoms with Crippen LogP contribution in [0.1, 0.15) is 46.6 Å². The zero-order chi connectivity index (χ0) is 26.6. The molecule has 1 aliphatic carbocycles. The molecule has 8 heteroatoms. The molecule has 0 aliphatic heterocycles. The Bertz CT molecular complexity index is 1050. The molecule has 2 N–H and O–H groups in total. The number of anilines is 2. The molecular weight excluding hydrogens is 450 g/mol. The van der Waals surface area contributed by atoms with Gasteiger partial charge in [-0.3, -0.25) is 4.79 Å². The molecule has 2 heterocycles. The van der Waals surface area contributed by atoms with E-state index < -0.39 is 0 Å². The summed E-state index contributed by atoms with van der Waals surface area (Å²) in [4.78, 5) is 12.5. The van der Waals surface area contributed by atoms with Crippen molar-refractivity contribution in [3.63, 3.8) is 0 Å². The molecule has 0 saturated heterocycles. The van der Waals surface area contributed by atoms with Gasteiger partial charge in [-0.25, -0.2) is 18.4 Å². The quantitative estimate of drug-likeness (QED) is 0.339. The number of aryl methyl sites for hydroxylation is 1. The van der Waals surface area contributed by atoms with Crippen molar-refractivity contribution in [3.05, 3.63) is 89.6 Å². The molecule has 0 radical (unpaired) electrons. The Morgan fingerprint density at radius 2 is 1.97 bits per heavy atom. The zero-order valence-electron chi connectivity index (χ0n) is 21.3. The Balaban J connectivity index is 0.000000747. The highest BCUT2D eigenvalue weighted by Crippen LogP contribution is 2.25. The highest BCUT2D eigenvalue weighted by atomic mass is 19.1. The van der Waals surface area contributed by atoms with Crippen molar-refractivity contribution in [1.82, 2.24) is 14.8 Å². The number of hydrogen-bond acceptors (Lipinski definition) is 4. The SMILES string of the molecule is C/C=C\C=C(/C)CF.CC.CC1=C(n2nccc2Nc2ncc(F)cc2C)C=CC=CC1.O=CO. The van der Waals surface area contributed by atoms with Crippen LogP contribution in [0.25, 0.3) is 5.70 Å². The van der Waals surface area contributed by atoms with Gasteiger partial charge in [-0.1, -0.05) is 50.3 Å². The molecule has 0 spiro atoms. The molecule has 0 bridgehead atoms. The van der Waals surface area contributed by atoms with Crippen LogP contribution in [0, 0.1) is 12.7 Å². The number of alkyl halides is 1. The standard InChI is InChI=1S/C17H17FN4.C7H11F.C2H6.CH2O2/c1-12-6-4-3-5-7-15(12)22-16(8-9-20-22)21-17-13(2)10-14(18)11-19-17;1-3-4-5-7(2)6-8;1-2;2-1-3/h3-5,7-11H,6H2,1-2H3,(H,19,21);3-5H,6H2,1-2H3;1-2H3;1H,(H,2,3)/b;4-3-,7-5+;;. The van der Waals surface area contributed by atoms with E-state index in [1.165, 1.54) is 17.8 Å². The van der Waals surface area contributed by atoms with Gasteiger partial charge in [0.05, 0.1) is 18.1 Å². The summed E-state index contributed by atoms with van der Waals surface area (Å²) in [6, 6.07) is 3.33. The van der Waals surface area contributed by atoms with Crippen LogP contribution in [0.3, 0.4) is 0 Å². The van der Waals surface area contributed by atoms with Crippen LogP contribution >= 0.6 is 0 Å². The summed E-state index contributed by atoms with van der Waals surface area (Å²) in [6.07, 6.45) is 17.5. The summed E-state index contributed by atoms with van der Waals surface area (Å²) >= 11 is 0. The van der Waals surface area contributed by atoms with Crippen LogP contribution in [0.4, 0.5) is 20.4 Å². The van der Waals surface area contributed by atoms with Gasteiger partial charge in [0.2, 0.25) is 0 Å². The molecule has 0 aromatic carbocycles. The normalized spacial score (nSPS) is 12.5. The predicted molar refractivity (Wildman–Crippen MR) is 141 cm³/mol. The summed E-state index contributed by atoms with van der Waals surface area (Å²) in [5.41, 5.74) is 3.76. The molecule has 0 atom stereocenters. The Morgan fingerprint density at radius 3 is 2.57 bits per heavy atom. The topological polar surface area (TPSA) is 80.0 Å². The van der Waals surface area contributed by atoms with E-state index in [0.717, 1.165) is 29.1 Å². The minimum absolute atomic E-state index is 0.250. The van der Waals surface area contributed by atoms with Crippen LogP contribution in [0.15, 0.2) is 78.2 Å². The monoisotopic (exact) mass is 486 g/mol. The summed E-state index contributed by atoms with van der Waals surface area (Å²) in [6.45, 7) is 11.0. The first-order valence-corrected chi connectivity index (χ1v) is 11.3. The maximum Gasteiger partial charge on any atom is 0.290 e. The number of rotatable bonds is 5. The summed E-state index contributed by atoms with van der Waals surface area (Å²) in [5.74, 6) is 1.08. The number of carbonyl (C=O) groups is 1. The fourth-order valence-electron chi connectivity index (χ4n) is 2.66. The molecule has 0 unspecified atom stereocenters. The molecule has 2 aromatic heterocycles. The van der Waals surface area contributed by atoms with Crippen LogP contribution < -0.4 is 5.32 Å². The first-order valence-electron chi connectivity index (χ1n) is 11.3. The molecule has 1 aliphatic rings. The predicted octanol–water partition coefficient (Wildman–Crippen LogP) is 7.42. The second kappa shape index (κ2) is 18.6. The van der Waals surface area contributed by atoms with E-state index in [9.17, 15) is 8.78 Å². The van der Waals surface area contributed by atoms with Crippen LogP contribution in [0.2, 0.25) is 0 Å². The molecular formula is C27H36F2N4O2. The van der Waals surface area contributed by atoms with Crippen molar-refractivity contribution in [2.45, 2.75) is 48.0 Å². The highest BCUT2D eigenvalue weighted by Gasteiger charge is 2.11. The van der Waals surface area contributed by atoms with Crippen molar-refractivity contribution >= 4 is 23.8 Å². The van der Waals surface area contributed by atoms with Gasteiger partial charge in [0.25, 0.3) is 6.47 Å². The molecule has 2 aromatic rings. The van der Waals surface area contributed by atoms with Crippen LogP contribution in [-0.2, 0) is 4.79 Å². The van der Waals surface area contributed by atoms with Crippen molar-refractivity contribution in [2.75, 3.05) is 12.0 Å². The Kier molecular flexibility index (Phi) is 16.6. The maximum atomic E-state index is 13.2. The third-order valence-corrected chi connectivity index (χ3v) is 4.31. The minimum Gasteiger partial charge on any atom is -0.483 e. The van der Waals surface area contributed by atoms with Gasteiger partial charge in [0.15, 0.2) is 0 Å². The van der Waals surface area contributed by atoms with E-state index in [0.29, 0.717) is 5.82 Å². The first-order chi connectivity index (χ1) is 16.9. The molecule has 0 fully saturated rings. The molecule has 6 nitrogen and oxygen atoms in total. The van der Waals surface area contributed by atoms with Crippen LogP contribution in [0.5, 0.6) is 0 Å². The van der Waals surface area contributed by atoms with E-state index in [4.69, 9.17) is 9.90 Å². The Hall–Kier alpha value is -3.81. The number of pyridine rings is 1. The minimum atomic E-state index is -0.343. The summed E-state index contributed by atoms with van der Waals surface area (Å²) < 4.78 is 26.6. The lowest BCUT2D eigenvalue weighted by atomic mass is 10.2. The summed E-state index contributed by atoms with van der Waals surface area (Å²) in [7, 11) is 0. The Morgan fingerprint density at radius 1 is 1.29 bits per heavy atom. The first kappa shape index (κ1) is 31.2. The average molecular weight is 487 g/mol. The van der Waals surface area contributed by atoms with Gasteiger partial charge in [0, 0.05) is 6.07 Å². The molecule has 0 amide bonds. The number of nitrogens with zero attached hydrogens (tertiary/aromatic N) is 3. The summed E-state index contributed by atoms with van der Waals surface area (Å²) in [5, 5.41) is 14.5. The number of aromatic nitrogens is 3. The van der Waals surface area contributed by atoms with E-state index in [1.807, 2.05) is 68.8 Å². The number of hydrogen-bond donors (Lipinski definition) is 2. The fraction of sp³-hybridized carbons (Fsp3) is 0.296. The molecule has 190 valence electrons. The lowest BCUT2D eigenvalue weighted by Gasteiger charge is -2.13. The van der Waals surface area contributed by atoms with E-state index in [1.54, 1.807) is 19.2 Å². The molecule has 35 heavy (non-hydrogen) atoms. The highest BCUT2D eigenvalue weighted by molar-refractivity contribution is 5.68. The maximum absolute atomic E-state index is 13.2. The third-order valence-electron chi connectivity index (χ3n) is 4.31. The second-order valence-corrected chi connectivity index (χ2v) is 7.01. The molecule has 0 saturated carbocycles. The number of allylic oxidation sites excluding steroid dienone is 10. The van der Waals surface area contributed by atoms with Crippen molar-refractivity contribution < 1.29 is 18.7 Å². The van der Waals surface area contributed by atoms with E-state index >= 15 is 0 Å². The van der Waals surface area contributed by atoms with Crippen molar-refractivity contribution in [3.8, 4) is 0 Å². The van der Waals surface area contributed by atoms with Crippen molar-refractivity contribution in [2.24, 2.45) is 0 Å². The molecule has 3 rings (SSSR count). The second-order valence-electron chi connectivity index (χ2n) is 7.01. The Labute approximate surface area is 207 Å². The number of nitrogens with one attached hydrogen (secondary N) is 1. The van der Waals surface area contributed by atoms with Gasteiger partial charge in [-0.15, -0.1) is 0 Å². The lowest BCUT2D eigenvalue weighted by Crippen LogP contribution is -2.06. The van der Waals surface area contributed by atoms with Gasteiger partial charge in [-0.2, -0.15) is 5.10 Å². The largest absolute Gasteiger partial charge is 0.483 e. The fourth-order valence-corrected chi connectivity index (χ4v) is 2.66. The van der Waals surface area contributed by atoms with Gasteiger partial charge in [-0.05, 0) is 63.0 Å². The van der Waals surface area contributed by atoms with Crippen molar-refractivity contribution in [1.29, 1.82) is 0 Å². The zero-order valence-corrected chi connectivity index (χ0v) is 21.3. The van der Waals surface area contributed by atoms with E-state index in [-0.39, 0.29) is 19.0 Å². The lowest BCUT2D eigenvalue weighted by molar-refractivity contribution is -0.122. The average Bonchev–Trinajstić information content (AvgIpc) is 3.20. The van der Waals surface area contributed by atoms with E-state index in [2.05, 4.69) is 28.4 Å². The smallest absolute Gasteiger partial charge is 0.290 e. The third kappa shape index (κ3) is 11.7. The number of halogens is 2. The number of carboxylic acid groups (broad SMARTS) is 1. The van der Waals surface area contributed by atoms with Gasteiger partial charge in [0.1, 0.15) is 24.1 Å². The van der Waals surface area contributed by atoms with Crippen LogP contribution in [-0.4, -0.2) is 33.0 Å². The van der Waals surface area contributed by atoms with Gasteiger partial charge < -0.3 is 10.4 Å². The van der Waals surface area contributed by atoms with Gasteiger partial charge >= 0.3 is 0 Å².